The van der Waals surface area contributed by atoms with Crippen molar-refractivity contribution in [2.75, 3.05) is 13.9 Å². The molecule has 0 aliphatic rings. The first-order valence-corrected chi connectivity index (χ1v) is 3.20. The topological polar surface area (TPSA) is 51.6 Å². The number of hydrogen-bond donors (Lipinski definition) is 1. The van der Waals surface area contributed by atoms with Gasteiger partial charge in [0.25, 0.3) is 0 Å². The minimum Gasteiger partial charge on any atom is -0.493 e. The summed E-state index contributed by atoms with van der Waals surface area (Å²) >= 11 is 0. The number of nitrogens with zero attached hydrogens (tertiary/aromatic N) is 1. The van der Waals surface area contributed by atoms with Crippen LogP contribution >= 0.6 is 0 Å². The molecular formula is C7H8FNO3Rh. The summed E-state index contributed by atoms with van der Waals surface area (Å²) in [6, 6.07) is 0.866. The van der Waals surface area contributed by atoms with Gasteiger partial charge < -0.3 is 14.6 Å². The van der Waals surface area contributed by atoms with Crippen molar-refractivity contribution in [3.8, 4) is 11.6 Å². The van der Waals surface area contributed by atoms with E-state index >= 15 is 0 Å². The molecule has 0 aromatic carbocycles. The summed E-state index contributed by atoms with van der Waals surface area (Å²) < 4.78 is 22.1. The Morgan fingerprint density at radius 1 is 1.62 bits per heavy atom. The molecule has 0 aliphatic carbocycles. The van der Waals surface area contributed by atoms with Gasteiger partial charge in [0.15, 0.2) is 18.4 Å². The average molecular weight is 276 g/mol. The quantitative estimate of drug-likeness (QED) is 0.658. The van der Waals surface area contributed by atoms with E-state index in [0.717, 1.165) is 12.3 Å². The number of hydrogen-bond acceptors (Lipinski definition) is 4. The zero-order chi connectivity index (χ0) is 8.97. The first-order valence-electron chi connectivity index (χ1n) is 3.20. The number of halogens is 1. The van der Waals surface area contributed by atoms with Gasteiger partial charge in [-0.15, -0.1) is 0 Å². The molecule has 6 heteroatoms. The Balaban J connectivity index is 0.00000144. The van der Waals surface area contributed by atoms with Crippen LogP contribution in [0.1, 0.15) is 0 Å². The van der Waals surface area contributed by atoms with Gasteiger partial charge >= 0.3 is 0 Å². The summed E-state index contributed by atoms with van der Waals surface area (Å²) in [7, 11) is 1.42. The standard InChI is InChI=1S/C7H8FNO3.Rh/c1-11-4-12-6-3-9-7(10)2-5(6)8;/h2-3H,4H2,1H3,(H,9,10);. The fraction of sp³-hybridized carbons (Fsp3) is 0.286. The summed E-state index contributed by atoms with van der Waals surface area (Å²) in [4.78, 5) is 3.43. The van der Waals surface area contributed by atoms with Gasteiger partial charge in [-0.05, 0) is 0 Å². The maximum atomic E-state index is 12.8. The van der Waals surface area contributed by atoms with E-state index in [-0.39, 0.29) is 37.9 Å². The number of aromatic nitrogens is 1. The molecule has 0 bridgehead atoms. The summed E-state index contributed by atoms with van der Waals surface area (Å²) in [6.45, 7) is -0.0522. The first-order chi connectivity index (χ1) is 5.74. The van der Waals surface area contributed by atoms with E-state index in [9.17, 15) is 4.39 Å². The molecule has 0 unspecified atom stereocenters. The van der Waals surface area contributed by atoms with Gasteiger partial charge in [-0.2, -0.15) is 0 Å². The molecule has 0 amide bonds. The van der Waals surface area contributed by atoms with Crippen LogP contribution in [0.5, 0.6) is 11.6 Å². The second kappa shape index (κ2) is 5.83. The summed E-state index contributed by atoms with van der Waals surface area (Å²) in [5.41, 5.74) is 0. The maximum absolute atomic E-state index is 12.8. The van der Waals surface area contributed by atoms with Crippen molar-refractivity contribution in [1.82, 2.24) is 4.98 Å². The molecule has 0 fully saturated rings. The molecule has 1 N–H and O–H groups in total. The Kier molecular flexibility index (Phi) is 5.50. The van der Waals surface area contributed by atoms with Crippen molar-refractivity contribution in [2.24, 2.45) is 0 Å². The molecule has 0 aliphatic heterocycles. The average Bonchev–Trinajstić information content (AvgIpc) is 2.03. The molecule has 0 atom stereocenters. The number of rotatable bonds is 3. The molecule has 75 valence electrons. The third kappa shape index (κ3) is 3.65. The molecule has 4 nitrogen and oxygen atoms in total. The molecule has 1 aromatic rings. The van der Waals surface area contributed by atoms with Gasteiger partial charge in [0.2, 0.25) is 5.88 Å². The molecule has 1 aromatic heterocycles. The van der Waals surface area contributed by atoms with Crippen LogP contribution in [0.15, 0.2) is 12.3 Å². The Labute approximate surface area is 87.5 Å². The maximum Gasteiger partial charge on any atom is 0.213 e. The monoisotopic (exact) mass is 276 g/mol. The van der Waals surface area contributed by atoms with E-state index in [1.54, 1.807) is 0 Å². The van der Waals surface area contributed by atoms with Crippen LogP contribution in [-0.4, -0.2) is 24.0 Å². The van der Waals surface area contributed by atoms with E-state index in [0.29, 0.717) is 0 Å². The Morgan fingerprint density at radius 3 is 2.85 bits per heavy atom. The second-order valence-electron chi connectivity index (χ2n) is 2.02. The number of ether oxygens (including phenoxy) is 2. The van der Waals surface area contributed by atoms with Gasteiger partial charge in [0, 0.05) is 32.7 Å². The predicted molar refractivity (Wildman–Crippen MR) is 38.4 cm³/mol. The molecule has 1 heterocycles. The summed E-state index contributed by atoms with van der Waals surface area (Å²) in [5.74, 6) is -1.09. The molecule has 0 saturated heterocycles. The number of pyridine rings is 1. The van der Waals surface area contributed by atoms with E-state index in [4.69, 9.17) is 9.84 Å². The fourth-order valence-electron chi connectivity index (χ4n) is 0.637. The Hall–Kier alpha value is -0.737. The van der Waals surface area contributed by atoms with Gasteiger partial charge in [0.05, 0.1) is 6.20 Å². The van der Waals surface area contributed by atoms with Crippen LogP contribution in [0, 0.1) is 5.82 Å². The number of methoxy groups -OCH3 is 1. The van der Waals surface area contributed by atoms with Gasteiger partial charge in [-0.3, -0.25) is 0 Å². The van der Waals surface area contributed by atoms with Crippen molar-refractivity contribution in [3.63, 3.8) is 0 Å². The van der Waals surface area contributed by atoms with Crippen molar-refractivity contribution < 1.29 is 38.4 Å². The largest absolute Gasteiger partial charge is 0.493 e. The first kappa shape index (κ1) is 12.3. The zero-order valence-corrected chi connectivity index (χ0v) is 8.42. The van der Waals surface area contributed by atoms with Gasteiger partial charge in [-0.25, -0.2) is 9.37 Å². The molecule has 1 rings (SSSR count). The third-order valence-electron chi connectivity index (χ3n) is 1.14. The molecular weight excluding hydrogens is 268 g/mol. The molecule has 0 spiro atoms. The second-order valence-corrected chi connectivity index (χ2v) is 2.02. The summed E-state index contributed by atoms with van der Waals surface area (Å²) in [6.07, 6.45) is 1.09. The van der Waals surface area contributed by atoms with Crippen LogP contribution in [0.4, 0.5) is 4.39 Å². The van der Waals surface area contributed by atoms with Crippen LogP contribution in [0.25, 0.3) is 0 Å². The van der Waals surface area contributed by atoms with Crippen LogP contribution < -0.4 is 4.74 Å². The van der Waals surface area contributed by atoms with Crippen molar-refractivity contribution in [1.29, 1.82) is 0 Å². The van der Waals surface area contributed by atoms with Crippen molar-refractivity contribution in [3.05, 3.63) is 18.1 Å². The van der Waals surface area contributed by atoms with Crippen molar-refractivity contribution >= 4 is 0 Å². The van der Waals surface area contributed by atoms with Gasteiger partial charge in [-0.1, -0.05) is 0 Å². The predicted octanol–water partition coefficient (Wildman–Crippen LogP) is 0.906. The molecule has 1 radical (unpaired) electrons. The molecule has 13 heavy (non-hydrogen) atoms. The Morgan fingerprint density at radius 2 is 2.31 bits per heavy atom. The smallest absolute Gasteiger partial charge is 0.213 e. The van der Waals surface area contributed by atoms with Crippen LogP contribution in [0.3, 0.4) is 0 Å². The molecule has 0 saturated carbocycles. The van der Waals surface area contributed by atoms with E-state index < -0.39 is 5.82 Å². The van der Waals surface area contributed by atoms with Gasteiger partial charge in [0.1, 0.15) is 0 Å². The SMILES string of the molecule is COCOc1cnc(O)cc1F.[Rh]. The minimum absolute atomic E-state index is 0. The minimum atomic E-state index is -0.667. The van der Waals surface area contributed by atoms with Crippen LogP contribution in [0.2, 0.25) is 0 Å². The zero-order valence-electron chi connectivity index (χ0n) is 6.78. The third-order valence-corrected chi connectivity index (χ3v) is 1.14. The summed E-state index contributed by atoms with van der Waals surface area (Å²) in [5, 5.41) is 8.73. The Bertz CT molecular complexity index is 272. The normalized spacial score (nSPS) is 9.08. The number of aromatic hydroxyl groups is 1. The van der Waals surface area contributed by atoms with Crippen LogP contribution in [-0.2, 0) is 24.2 Å². The van der Waals surface area contributed by atoms with E-state index in [1.807, 2.05) is 0 Å². The van der Waals surface area contributed by atoms with E-state index in [2.05, 4.69) is 9.72 Å². The van der Waals surface area contributed by atoms with E-state index in [1.165, 1.54) is 7.11 Å². The fourth-order valence-corrected chi connectivity index (χ4v) is 0.637. The van der Waals surface area contributed by atoms with Crippen molar-refractivity contribution in [2.45, 2.75) is 0 Å².